The Labute approximate surface area is 121 Å². The smallest absolute Gasteiger partial charge is 0.335 e. The Hall–Kier alpha value is -1.50. The molecule has 0 radical (unpaired) electrons. The number of sulfone groups is 1. The van der Waals surface area contributed by atoms with Crippen molar-refractivity contribution >= 4 is 15.8 Å². The van der Waals surface area contributed by atoms with E-state index in [2.05, 4.69) is 0 Å². The lowest BCUT2D eigenvalue weighted by Crippen LogP contribution is -2.27. The van der Waals surface area contributed by atoms with Crippen LogP contribution in [0.25, 0.3) is 0 Å². The lowest BCUT2D eigenvalue weighted by molar-refractivity contribution is 0.0696. The van der Waals surface area contributed by atoms with E-state index >= 15 is 0 Å². The molecule has 0 atom stereocenters. The summed E-state index contributed by atoms with van der Waals surface area (Å²) in [6, 6.07) is 1.19. The Kier molecular flexibility index (Phi) is 4.32. The van der Waals surface area contributed by atoms with Crippen molar-refractivity contribution in [3.63, 3.8) is 0 Å². The van der Waals surface area contributed by atoms with Crippen LogP contribution in [0, 0.1) is 17.6 Å². The highest BCUT2D eigenvalue weighted by Gasteiger charge is 2.34. The first kappa shape index (κ1) is 15.9. The molecule has 0 unspecified atom stereocenters. The molecule has 0 aliphatic heterocycles. The second-order valence-electron chi connectivity index (χ2n) is 5.50. The first-order valence-electron chi connectivity index (χ1n) is 6.69. The molecule has 1 saturated carbocycles. The molecule has 0 amide bonds. The van der Waals surface area contributed by atoms with E-state index in [1.807, 2.05) is 6.92 Å². The summed E-state index contributed by atoms with van der Waals surface area (Å²) in [5.74, 6) is -4.05. The van der Waals surface area contributed by atoms with Crippen LogP contribution in [0.5, 0.6) is 0 Å². The highest BCUT2D eigenvalue weighted by Crippen LogP contribution is 2.33. The minimum absolute atomic E-state index is 0.377. The van der Waals surface area contributed by atoms with Gasteiger partial charge in [0, 0.05) is 0 Å². The summed E-state index contributed by atoms with van der Waals surface area (Å²) in [7, 11) is -4.07. The lowest BCUT2D eigenvalue weighted by Gasteiger charge is -2.26. The summed E-state index contributed by atoms with van der Waals surface area (Å²) in [6.45, 7) is 2.01. The van der Waals surface area contributed by atoms with E-state index in [1.54, 1.807) is 0 Å². The zero-order valence-electron chi connectivity index (χ0n) is 11.5. The highest BCUT2D eigenvalue weighted by atomic mass is 32.2. The van der Waals surface area contributed by atoms with Crippen LogP contribution in [-0.4, -0.2) is 24.7 Å². The van der Waals surface area contributed by atoms with E-state index in [1.165, 1.54) is 0 Å². The third kappa shape index (κ3) is 3.07. The average molecular weight is 318 g/mol. The van der Waals surface area contributed by atoms with E-state index in [9.17, 15) is 22.0 Å². The molecule has 4 nitrogen and oxygen atoms in total. The van der Waals surface area contributed by atoms with Gasteiger partial charge in [0.1, 0.15) is 4.90 Å². The van der Waals surface area contributed by atoms with Gasteiger partial charge in [0.15, 0.2) is 21.5 Å². The minimum atomic E-state index is -4.07. The highest BCUT2D eigenvalue weighted by molar-refractivity contribution is 7.92. The molecule has 0 saturated heterocycles. The molecule has 1 aliphatic rings. The van der Waals surface area contributed by atoms with Gasteiger partial charge < -0.3 is 5.11 Å². The topological polar surface area (TPSA) is 71.4 Å². The van der Waals surface area contributed by atoms with Gasteiger partial charge in [0.2, 0.25) is 0 Å². The molecular formula is C14H16F2O4S. The fraction of sp³-hybridized carbons (Fsp3) is 0.500. The number of halogens is 2. The number of benzene rings is 1. The normalized spacial score (nSPS) is 23.0. The number of carboxylic acid groups (broad SMARTS) is 1. The quantitative estimate of drug-likeness (QED) is 0.930. The van der Waals surface area contributed by atoms with Gasteiger partial charge in [-0.2, -0.15) is 0 Å². The largest absolute Gasteiger partial charge is 0.478 e. The molecule has 1 aromatic rings. The average Bonchev–Trinajstić information content (AvgIpc) is 2.41. The van der Waals surface area contributed by atoms with E-state index in [0.29, 0.717) is 43.7 Å². The van der Waals surface area contributed by atoms with Crippen molar-refractivity contribution < 1.29 is 27.1 Å². The molecule has 116 valence electrons. The predicted octanol–water partition coefficient (Wildman–Crippen LogP) is 3.02. The first-order chi connectivity index (χ1) is 9.73. The van der Waals surface area contributed by atoms with Crippen LogP contribution < -0.4 is 0 Å². The van der Waals surface area contributed by atoms with Crippen LogP contribution >= 0.6 is 0 Å². The third-order valence-electron chi connectivity index (χ3n) is 3.95. The van der Waals surface area contributed by atoms with Crippen LogP contribution in [-0.2, 0) is 9.84 Å². The van der Waals surface area contributed by atoms with Crippen LogP contribution in [0.3, 0.4) is 0 Å². The molecule has 21 heavy (non-hydrogen) atoms. The first-order valence-corrected chi connectivity index (χ1v) is 8.24. The van der Waals surface area contributed by atoms with Gasteiger partial charge in [-0.05, 0) is 43.7 Å². The predicted molar refractivity (Wildman–Crippen MR) is 71.9 cm³/mol. The van der Waals surface area contributed by atoms with Crippen molar-refractivity contribution in [1.82, 2.24) is 0 Å². The fourth-order valence-corrected chi connectivity index (χ4v) is 4.50. The zero-order valence-corrected chi connectivity index (χ0v) is 12.3. The van der Waals surface area contributed by atoms with Crippen molar-refractivity contribution in [2.24, 2.45) is 5.92 Å². The molecule has 1 N–H and O–H groups in total. The molecule has 2 rings (SSSR count). The van der Waals surface area contributed by atoms with Gasteiger partial charge in [0.25, 0.3) is 0 Å². The monoisotopic (exact) mass is 318 g/mol. The molecule has 1 aromatic carbocycles. The summed E-state index contributed by atoms with van der Waals surface area (Å²) in [4.78, 5) is 10.0. The van der Waals surface area contributed by atoms with Crippen molar-refractivity contribution in [2.75, 3.05) is 0 Å². The van der Waals surface area contributed by atoms with Gasteiger partial charge in [-0.1, -0.05) is 6.92 Å². The number of rotatable bonds is 3. The molecule has 1 aliphatic carbocycles. The van der Waals surface area contributed by atoms with Crippen LogP contribution in [0.1, 0.15) is 43.0 Å². The van der Waals surface area contributed by atoms with Crippen molar-refractivity contribution in [2.45, 2.75) is 42.8 Å². The number of aromatic carboxylic acids is 1. The second kappa shape index (κ2) is 5.71. The third-order valence-corrected chi connectivity index (χ3v) is 6.21. The van der Waals surface area contributed by atoms with Gasteiger partial charge in [-0.25, -0.2) is 22.0 Å². The van der Waals surface area contributed by atoms with Gasteiger partial charge >= 0.3 is 5.97 Å². The Bertz CT molecular complexity index is 662. The zero-order chi connectivity index (χ0) is 15.8. The Morgan fingerprint density at radius 2 is 1.76 bits per heavy atom. The maximum absolute atomic E-state index is 13.8. The van der Waals surface area contributed by atoms with E-state index in [0.717, 1.165) is 0 Å². The van der Waals surface area contributed by atoms with E-state index in [4.69, 9.17) is 5.11 Å². The maximum Gasteiger partial charge on any atom is 0.335 e. The van der Waals surface area contributed by atoms with Gasteiger partial charge in [-0.3, -0.25) is 0 Å². The second-order valence-corrected chi connectivity index (χ2v) is 7.70. The van der Waals surface area contributed by atoms with E-state index < -0.39 is 43.1 Å². The Morgan fingerprint density at radius 3 is 2.29 bits per heavy atom. The van der Waals surface area contributed by atoms with E-state index in [-0.39, 0.29) is 0 Å². The summed E-state index contributed by atoms with van der Waals surface area (Å²) in [6.07, 6.45) is 2.16. The molecule has 0 aromatic heterocycles. The van der Waals surface area contributed by atoms with Crippen LogP contribution in [0.4, 0.5) is 8.78 Å². The number of hydrogen-bond acceptors (Lipinski definition) is 3. The molecule has 1 fully saturated rings. The van der Waals surface area contributed by atoms with Crippen molar-refractivity contribution in [3.8, 4) is 0 Å². The maximum atomic E-state index is 13.8. The SMILES string of the molecule is CC1CCC(S(=O)(=O)c2cc(C(=O)O)cc(F)c2F)CC1. The lowest BCUT2D eigenvalue weighted by atomic mass is 9.91. The Morgan fingerprint density at radius 1 is 1.19 bits per heavy atom. The summed E-state index contributed by atoms with van der Waals surface area (Å²) in [5, 5.41) is 8.07. The molecule has 0 bridgehead atoms. The Balaban J connectivity index is 2.47. The standard InChI is InChI=1S/C14H16F2O4S/c1-8-2-4-10(5-3-8)21(19,20)12-7-9(14(17)18)6-11(15)13(12)16/h6-8,10H,2-5H2,1H3,(H,17,18). The van der Waals surface area contributed by atoms with Gasteiger partial charge in [-0.15, -0.1) is 0 Å². The molecule has 7 heteroatoms. The summed E-state index contributed by atoms with van der Waals surface area (Å²) in [5.41, 5.74) is -0.573. The molecular weight excluding hydrogens is 302 g/mol. The summed E-state index contributed by atoms with van der Waals surface area (Å²) < 4.78 is 52.2. The van der Waals surface area contributed by atoms with Crippen LogP contribution in [0.2, 0.25) is 0 Å². The number of carbonyl (C=O) groups is 1. The van der Waals surface area contributed by atoms with Crippen molar-refractivity contribution in [1.29, 1.82) is 0 Å². The molecule has 0 spiro atoms. The molecule has 0 heterocycles. The number of carboxylic acids is 1. The van der Waals surface area contributed by atoms with Crippen LogP contribution in [0.15, 0.2) is 17.0 Å². The minimum Gasteiger partial charge on any atom is -0.478 e. The van der Waals surface area contributed by atoms with Gasteiger partial charge in [0.05, 0.1) is 10.8 Å². The number of hydrogen-bond donors (Lipinski definition) is 1. The summed E-state index contributed by atoms with van der Waals surface area (Å²) >= 11 is 0. The van der Waals surface area contributed by atoms with Crippen molar-refractivity contribution in [3.05, 3.63) is 29.3 Å². The fourth-order valence-electron chi connectivity index (χ4n) is 2.61.